The van der Waals surface area contributed by atoms with E-state index in [9.17, 15) is 19.1 Å². The number of fused-ring (bicyclic) bond motifs is 2. The zero-order chi connectivity index (χ0) is 23.4. The highest BCUT2D eigenvalue weighted by Crippen LogP contribution is 2.34. The fraction of sp³-hybridized carbons (Fsp3) is 0.130. The molecule has 5 rings (SSSR count). The maximum Gasteiger partial charge on any atom is 0.341 e. The third-order valence-corrected chi connectivity index (χ3v) is 6.01. The molecule has 10 heteroatoms. The molecule has 166 valence electrons. The average molecular weight is 466 g/mol. The van der Waals surface area contributed by atoms with Crippen molar-refractivity contribution in [3.05, 3.63) is 86.0 Å². The Kier molecular flexibility index (Phi) is 4.79. The second-order valence-corrected chi connectivity index (χ2v) is 8.25. The van der Waals surface area contributed by atoms with Crippen LogP contribution in [0.15, 0.2) is 47.5 Å². The molecule has 1 aliphatic heterocycles. The molecule has 0 atom stereocenters. The highest BCUT2D eigenvalue weighted by Gasteiger charge is 2.26. The Morgan fingerprint density at radius 3 is 2.76 bits per heavy atom. The summed E-state index contributed by atoms with van der Waals surface area (Å²) < 4.78 is 15.8. The monoisotopic (exact) mass is 465 g/mol. The van der Waals surface area contributed by atoms with Crippen LogP contribution in [-0.4, -0.2) is 25.6 Å². The van der Waals surface area contributed by atoms with Crippen molar-refractivity contribution in [3.63, 3.8) is 0 Å². The molecule has 0 bridgehead atoms. The molecule has 0 unspecified atom stereocenters. The van der Waals surface area contributed by atoms with Gasteiger partial charge in [0.25, 0.3) is 0 Å². The Bertz CT molecular complexity index is 1540. The SMILES string of the molecule is Cc1cc(N)ncc1-n1cc(C(=O)O)c(=O)c2cc(Cl)c(N3Cc4cccc(F)c4C3)nc21. The lowest BCUT2D eigenvalue weighted by Crippen LogP contribution is -2.22. The first-order chi connectivity index (χ1) is 15.7. The molecular formula is C23H17ClFN5O3. The second-order valence-electron chi connectivity index (χ2n) is 7.84. The number of halogens is 2. The largest absolute Gasteiger partial charge is 0.477 e. The van der Waals surface area contributed by atoms with Gasteiger partial charge in [0.2, 0.25) is 5.43 Å². The summed E-state index contributed by atoms with van der Waals surface area (Å²) in [5.41, 5.74) is 7.44. The van der Waals surface area contributed by atoms with Crippen molar-refractivity contribution in [2.24, 2.45) is 0 Å². The van der Waals surface area contributed by atoms with Crippen molar-refractivity contribution in [2.45, 2.75) is 20.0 Å². The lowest BCUT2D eigenvalue weighted by atomic mass is 10.1. The molecule has 1 aliphatic rings. The summed E-state index contributed by atoms with van der Waals surface area (Å²) in [6.45, 7) is 2.44. The number of nitrogen functional groups attached to an aromatic ring is 1. The van der Waals surface area contributed by atoms with Crippen LogP contribution >= 0.6 is 11.6 Å². The standard InChI is InChI=1S/C23H17ClFN5O3/c1-11-5-19(26)27-7-18(11)30-10-15(23(32)33)20(31)13-6-16(24)22(28-21(13)30)29-8-12-3-2-4-17(25)14(12)9-29/h2-7,10H,8-9H2,1H3,(H2,26,27)(H,32,33). The van der Waals surface area contributed by atoms with Gasteiger partial charge in [-0.15, -0.1) is 0 Å². The van der Waals surface area contributed by atoms with Gasteiger partial charge >= 0.3 is 5.97 Å². The minimum atomic E-state index is -1.37. The van der Waals surface area contributed by atoms with Crippen LogP contribution in [0.3, 0.4) is 0 Å². The van der Waals surface area contributed by atoms with Gasteiger partial charge in [0, 0.05) is 24.8 Å². The van der Waals surface area contributed by atoms with Crippen molar-refractivity contribution >= 4 is 40.2 Å². The summed E-state index contributed by atoms with van der Waals surface area (Å²) in [5, 5.41) is 9.79. The third-order valence-electron chi connectivity index (χ3n) is 5.73. The van der Waals surface area contributed by atoms with E-state index in [0.717, 1.165) is 5.56 Å². The van der Waals surface area contributed by atoms with Crippen molar-refractivity contribution < 1.29 is 14.3 Å². The van der Waals surface area contributed by atoms with Crippen LogP contribution < -0.4 is 16.1 Å². The van der Waals surface area contributed by atoms with Gasteiger partial charge in [-0.1, -0.05) is 23.7 Å². The Morgan fingerprint density at radius 2 is 2.06 bits per heavy atom. The lowest BCUT2D eigenvalue weighted by Gasteiger charge is -2.20. The van der Waals surface area contributed by atoms with Gasteiger partial charge in [-0.05, 0) is 36.2 Å². The molecule has 0 fully saturated rings. The van der Waals surface area contributed by atoms with Gasteiger partial charge in [0.1, 0.15) is 17.2 Å². The van der Waals surface area contributed by atoms with E-state index in [-0.39, 0.29) is 28.4 Å². The number of rotatable bonds is 3. The molecule has 3 N–H and O–H groups in total. The van der Waals surface area contributed by atoms with Crippen LogP contribution in [0.25, 0.3) is 16.7 Å². The van der Waals surface area contributed by atoms with Crippen molar-refractivity contribution in [1.82, 2.24) is 14.5 Å². The topological polar surface area (TPSA) is 114 Å². The average Bonchev–Trinajstić information content (AvgIpc) is 3.20. The molecular weight excluding hydrogens is 449 g/mol. The number of aromatic carboxylic acids is 1. The molecule has 4 aromatic rings. The number of aryl methyl sites for hydroxylation is 1. The van der Waals surface area contributed by atoms with E-state index in [1.807, 2.05) is 11.0 Å². The first kappa shape index (κ1) is 20.9. The van der Waals surface area contributed by atoms with Crippen molar-refractivity contribution in [1.29, 1.82) is 0 Å². The second kappa shape index (κ2) is 7.56. The predicted octanol–water partition coefficient (Wildman–Crippen LogP) is 3.68. The summed E-state index contributed by atoms with van der Waals surface area (Å²) in [6, 6.07) is 7.93. The zero-order valence-electron chi connectivity index (χ0n) is 17.3. The Labute approximate surface area is 191 Å². The van der Waals surface area contributed by atoms with E-state index in [1.165, 1.54) is 29.1 Å². The molecule has 8 nitrogen and oxygen atoms in total. The number of hydrogen-bond donors (Lipinski definition) is 2. The van der Waals surface area contributed by atoms with Crippen molar-refractivity contribution in [2.75, 3.05) is 10.6 Å². The fourth-order valence-corrected chi connectivity index (χ4v) is 4.40. The van der Waals surface area contributed by atoms with E-state index in [0.29, 0.717) is 35.0 Å². The molecule has 0 radical (unpaired) electrons. The van der Waals surface area contributed by atoms with Gasteiger partial charge in [0.05, 0.1) is 22.3 Å². The zero-order valence-corrected chi connectivity index (χ0v) is 18.1. The number of aromatic nitrogens is 3. The van der Waals surface area contributed by atoms with Gasteiger partial charge in [-0.3, -0.25) is 9.36 Å². The van der Waals surface area contributed by atoms with Crippen LogP contribution in [-0.2, 0) is 13.1 Å². The van der Waals surface area contributed by atoms with Gasteiger partial charge in [-0.2, -0.15) is 0 Å². The van der Waals surface area contributed by atoms with Gasteiger partial charge in [0.15, 0.2) is 11.5 Å². The Balaban J connectivity index is 1.76. The Morgan fingerprint density at radius 1 is 1.27 bits per heavy atom. The van der Waals surface area contributed by atoms with Gasteiger partial charge < -0.3 is 15.7 Å². The van der Waals surface area contributed by atoms with E-state index in [4.69, 9.17) is 17.3 Å². The maximum atomic E-state index is 14.3. The molecule has 4 heterocycles. The predicted molar refractivity (Wildman–Crippen MR) is 123 cm³/mol. The number of nitrogens with zero attached hydrogens (tertiary/aromatic N) is 4. The van der Waals surface area contributed by atoms with Crippen molar-refractivity contribution in [3.8, 4) is 5.69 Å². The van der Waals surface area contributed by atoms with E-state index < -0.39 is 17.0 Å². The number of nitrogens with two attached hydrogens (primary N) is 1. The number of anilines is 2. The quantitative estimate of drug-likeness (QED) is 0.474. The van der Waals surface area contributed by atoms with Crippen LogP contribution in [0.5, 0.6) is 0 Å². The number of hydrogen-bond acceptors (Lipinski definition) is 6. The highest BCUT2D eigenvalue weighted by molar-refractivity contribution is 6.33. The summed E-state index contributed by atoms with van der Waals surface area (Å²) in [6.07, 6.45) is 2.70. The van der Waals surface area contributed by atoms with Crippen LogP contribution in [0.4, 0.5) is 16.0 Å². The fourth-order valence-electron chi connectivity index (χ4n) is 4.13. The first-order valence-electron chi connectivity index (χ1n) is 9.97. The van der Waals surface area contributed by atoms with E-state index in [1.54, 1.807) is 19.1 Å². The van der Waals surface area contributed by atoms with Crippen LogP contribution in [0, 0.1) is 12.7 Å². The molecule has 0 amide bonds. The normalized spacial score (nSPS) is 12.9. The maximum absolute atomic E-state index is 14.3. The highest BCUT2D eigenvalue weighted by atomic mass is 35.5. The van der Waals surface area contributed by atoms with Crippen LogP contribution in [0.1, 0.15) is 27.0 Å². The number of carbonyl (C=O) groups is 1. The lowest BCUT2D eigenvalue weighted by molar-refractivity contribution is 0.0695. The van der Waals surface area contributed by atoms with E-state index >= 15 is 0 Å². The number of carboxylic acids is 1. The van der Waals surface area contributed by atoms with Crippen LogP contribution in [0.2, 0.25) is 5.02 Å². The number of pyridine rings is 3. The number of benzene rings is 1. The summed E-state index contributed by atoms with van der Waals surface area (Å²) in [7, 11) is 0. The summed E-state index contributed by atoms with van der Waals surface area (Å²) >= 11 is 6.50. The molecule has 33 heavy (non-hydrogen) atoms. The minimum absolute atomic E-state index is 0.0442. The third kappa shape index (κ3) is 3.37. The van der Waals surface area contributed by atoms with Gasteiger partial charge in [-0.25, -0.2) is 19.2 Å². The summed E-state index contributed by atoms with van der Waals surface area (Å²) in [5.74, 6) is -1.02. The molecule has 1 aromatic carbocycles. The summed E-state index contributed by atoms with van der Waals surface area (Å²) in [4.78, 5) is 35.2. The first-order valence-corrected chi connectivity index (χ1v) is 10.4. The minimum Gasteiger partial charge on any atom is -0.477 e. The molecule has 3 aromatic heterocycles. The molecule has 0 spiro atoms. The number of carboxylic acid groups (broad SMARTS) is 1. The molecule has 0 saturated heterocycles. The Hall–Kier alpha value is -3.98. The smallest absolute Gasteiger partial charge is 0.341 e. The molecule has 0 aliphatic carbocycles. The molecule has 0 saturated carbocycles. The van der Waals surface area contributed by atoms with E-state index in [2.05, 4.69) is 9.97 Å².